The molecule has 0 unspecified atom stereocenters. The van der Waals surface area contributed by atoms with Crippen LogP contribution in [-0.2, 0) is 6.42 Å². The zero-order valence-corrected chi connectivity index (χ0v) is 10.2. The van der Waals surface area contributed by atoms with Crippen LogP contribution in [0.2, 0.25) is 0 Å². The van der Waals surface area contributed by atoms with Crippen LogP contribution in [0.3, 0.4) is 0 Å². The van der Waals surface area contributed by atoms with Crippen LogP contribution in [0.15, 0.2) is 42.5 Å². The highest BCUT2D eigenvalue weighted by Gasteiger charge is 2.04. The Morgan fingerprint density at radius 2 is 1.76 bits per heavy atom. The van der Waals surface area contributed by atoms with Crippen molar-refractivity contribution in [2.45, 2.75) is 20.3 Å². The first-order chi connectivity index (χ1) is 8.24. The van der Waals surface area contributed by atoms with Gasteiger partial charge in [0, 0.05) is 5.56 Å². The van der Waals surface area contributed by atoms with Gasteiger partial charge in [-0.1, -0.05) is 55.0 Å². The highest BCUT2D eigenvalue weighted by atomic mass is 16.1. The second kappa shape index (κ2) is 4.96. The Morgan fingerprint density at radius 1 is 1.06 bits per heavy atom. The molecule has 2 aromatic carbocycles. The third kappa shape index (κ3) is 2.44. The Morgan fingerprint density at radius 3 is 2.35 bits per heavy atom. The SMILES string of the molecule is CCc1ccc(-c2cc(C)ccc2C=O)cc1. The fourth-order valence-electron chi connectivity index (χ4n) is 1.94. The van der Waals surface area contributed by atoms with Crippen molar-refractivity contribution >= 4 is 6.29 Å². The maximum Gasteiger partial charge on any atom is 0.150 e. The van der Waals surface area contributed by atoms with E-state index in [0.29, 0.717) is 0 Å². The van der Waals surface area contributed by atoms with Crippen molar-refractivity contribution in [2.75, 3.05) is 0 Å². The fourth-order valence-corrected chi connectivity index (χ4v) is 1.94. The van der Waals surface area contributed by atoms with Crippen molar-refractivity contribution < 1.29 is 4.79 Å². The molecule has 0 fully saturated rings. The molecule has 1 nitrogen and oxygen atoms in total. The Labute approximate surface area is 102 Å². The van der Waals surface area contributed by atoms with Gasteiger partial charge in [0.15, 0.2) is 6.29 Å². The minimum absolute atomic E-state index is 0.750. The number of rotatable bonds is 3. The summed E-state index contributed by atoms with van der Waals surface area (Å²) in [7, 11) is 0. The van der Waals surface area contributed by atoms with Gasteiger partial charge in [0.2, 0.25) is 0 Å². The van der Waals surface area contributed by atoms with Crippen LogP contribution in [0.4, 0.5) is 0 Å². The zero-order valence-electron chi connectivity index (χ0n) is 10.2. The number of aldehydes is 1. The quantitative estimate of drug-likeness (QED) is 0.719. The molecule has 2 rings (SSSR count). The normalized spacial score (nSPS) is 10.2. The Kier molecular flexibility index (Phi) is 3.38. The molecule has 0 aliphatic carbocycles. The van der Waals surface area contributed by atoms with E-state index in [2.05, 4.69) is 37.3 Å². The molecular formula is C16H16O. The molecule has 0 aliphatic rings. The van der Waals surface area contributed by atoms with Gasteiger partial charge in [0.25, 0.3) is 0 Å². The Balaban J connectivity index is 2.50. The zero-order chi connectivity index (χ0) is 12.3. The number of carbonyl (C=O) groups excluding carboxylic acids is 1. The van der Waals surface area contributed by atoms with Gasteiger partial charge in [-0.2, -0.15) is 0 Å². The van der Waals surface area contributed by atoms with E-state index in [1.165, 1.54) is 11.1 Å². The lowest BCUT2D eigenvalue weighted by Crippen LogP contribution is -1.89. The van der Waals surface area contributed by atoms with E-state index in [1.807, 2.05) is 19.1 Å². The predicted octanol–water partition coefficient (Wildman–Crippen LogP) is 4.04. The standard InChI is InChI=1S/C16H16O/c1-3-13-5-8-14(9-6-13)16-10-12(2)4-7-15(16)11-17/h4-11H,3H2,1-2H3. The predicted molar refractivity (Wildman–Crippen MR) is 71.4 cm³/mol. The first-order valence-electron chi connectivity index (χ1n) is 5.89. The summed E-state index contributed by atoms with van der Waals surface area (Å²) in [5.74, 6) is 0. The van der Waals surface area contributed by atoms with E-state index in [1.54, 1.807) is 0 Å². The summed E-state index contributed by atoms with van der Waals surface area (Å²) < 4.78 is 0. The second-order valence-electron chi connectivity index (χ2n) is 4.26. The van der Waals surface area contributed by atoms with Gasteiger partial charge in [0.1, 0.15) is 0 Å². The summed E-state index contributed by atoms with van der Waals surface area (Å²) in [6, 6.07) is 14.3. The van der Waals surface area contributed by atoms with E-state index >= 15 is 0 Å². The maximum atomic E-state index is 11.0. The largest absolute Gasteiger partial charge is 0.298 e. The molecule has 0 amide bonds. The minimum Gasteiger partial charge on any atom is -0.298 e. The molecule has 1 heteroatoms. The summed E-state index contributed by atoms with van der Waals surface area (Å²) in [5.41, 5.74) is 5.36. The molecule has 0 bridgehead atoms. The summed E-state index contributed by atoms with van der Waals surface area (Å²) in [5, 5.41) is 0. The Hall–Kier alpha value is -1.89. The molecule has 86 valence electrons. The van der Waals surface area contributed by atoms with Gasteiger partial charge in [-0.25, -0.2) is 0 Å². The molecule has 0 aromatic heterocycles. The average Bonchev–Trinajstić information content (AvgIpc) is 2.39. The summed E-state index contributed by atoms with van der Waals surface area (Å²) in [4.78, 5) is 11.0. The highest BCUT2D eigenvalue weighted by molar-refractivity contribution is 5.87. The van der Waals surface area contributed by atoms with Crippen molar-refractivity contribution in [3.05, 3.63) is 59.2 Å². The lowest BCUT2D eigenvalue weighted by Gasteiger charge is -2.07. The molecule has 0 heterocycles. The third-order valence-corrected chi connectivity index (χ3v) is 3.01. The average molecular weight is 224 g/mol. The number of hydrogen-bond donors (Lipinski definition) is 0. The van der Waals surface area contributed by atoms with Crippen molar-refractivity contribution in [1.29, 1.82) is 0 Å². The van der Waals surface area contributed by atoms with Crippen molar-refractivity contribution in [3.8, 4) is 11.1 Å². The summed E-state index contributed by atoms with van der Waals surface area (Å²) >= 11 is 0. The maximum absolute atomic E-state index is 11.0. The van der Waals surface area contributed by atoms with Crippen molar-refractivity contribution in [2.24, 2.45) is 0 Å². The van der Waals surface area contributed by atoms with Crippen molar-refractivity contribution in [1.82, 2.24) is 0 Å². The van der Waals surface area contributed by atoms with Gasteiger partial charge in [-0.15, -0.1) is 0 Å². The number of benzene rings is 2. The molecule has 0 N–H and O–H groups in total. The van der Waals surface area contributed by atoms with Gasteiger partial charge < -0.3 is 0 Å². The fraction of sp³-hybridized carbons (Fsp3) is 0.188. The van der Waals surface area contributed by atoms with E-state index < -0.39 is 0 Å². The van der Waals surface area contributed by atoms with Crippen LogP contribution < -0.4 is 0 Å². The molecule has 0 radical (unpaired) electrons. The van der Waals surface area contributed by atoms with E-state index in [4.69, 9.17) is 0 Å². The van der Waals surface area contributed by atoms with E-state index in [-0.39, 0.29) is 0 Å². The van der Waals surface area contributed by atoms with Crippen LogP contribution >= 0.6 is 0 Å². The monoisotopic (exact) mass is 224 g/mol. The van der Waals surface area contributed by atoms with Crippen LogP contribution in [0.5, 0.6) is 0 Å². The lowest BCUT2D eigenvalue weighted by molar-refractivity contribution is 0.112. The minimum atomic E-state index is 0.750. The lowest BCUT2D eigenvalue weighted by atomic mass is 9.97. The second-order valence-corrected chi connectivity index (χ2v) is 4.26. The third-order valence-electron chi connectivity index (χ3n) is 3.01. The first-order valence-corrected chi connectivity index (χ1v) is 5.89. The topological polar surface area (TPSA) is 17.1 Å². The van der Waals surface area contributed by atoms with Gasteiger partial charge in [-0.05, 0) is 30.0 Å². The molecule has 0 saturated heterocycles. The first kappa shape index (κ1) is 11.6. The molecular weight excluding hydrogens is 208 g/mol. The molecule has 2 aromatic rings. The van der Waals surface area contributed by atoms with E-state index in [9.17, 15) is 4.79 Å². The summed E-state index contributed by atoms with van der Waals surface area (Å²) in [6.45, 7) is 4.18. The van der Waals surface area contributed by atoms with Crippen LogP contribution in [0.1, 0.15) is 28.4 Å². The van der Waals surface area contributed by atoms with Gasteiger partial charge in [0.05, 0.1) is 0 Å². The van der Waals surface area contributed by atoms with Gasteiger partial charge in [-0.3, -0.25) is 4.79 Å². The summed E-state index contributed by atoms with van der Waals surface area (Å²) in [6.07, 6.45) is 1.96. The van der Waals surface area contributed by atoms with Crippen LogP contribution in [0.25, 0.3) is 11.1 Å². The molecule has 17 heavy (non-hydrogen) atoms. The van der Waals surface area contributed by atoms with Crippen LogP contribution in [0, 0.1) is 6.92 Å². The molecule has 0 aliphatic heterocycles. The van der Waals surface area contributed by atoms with E-state index in [0.717, 1.165) is 29.4 Å². The molecule has 0 spiro atoms. The van der Waals surface area contributed by atoms with Gasteiger partial charge >= 0.3 is 0 Å². The highest BCUT2D eigenvalue weighted by Crippen LogP contribution is 2.24. The molecule has 0 atom stereocenters. The molecule has 0 saturated carbocycles. The smallest absolute Gasteiger partial charge is 0.150 e. The number of carbonyl (C=O) groups is 1. The van der Waals surface area contributed by atoms with Crippen molar-refractivity contribution in [3.63, 3.8) is 0 Å². The number of aryl methyl sites for hydroxylation is 2. The Bertz CT molecular complexity index is 524. The van der Waals surface area contributed by atoms with Crippen LogP contribution in [-0.4, -0.2) is 6.29 Å². The number of hydrogen-bond acceptors (Lipinski definition) is 1.